The molecule has 0 unspecified atom stereocenters. The lowest BCUT2D eigenvalue weighted by molar-refractivity contribution is 0.678. The number of benzene rings is 1. The van der Waals surface area contributed by atoms with Gasteiger partial charge in [0, 0.05) is 4.90 Å². The fourth-order valence-corrected chi connectivity index (χ4v) is 2.11. The molecule has 0 spiro atoms. The molecule has 0 aliphatic heterocycles. The van der Waals surface area contributed by atoms with Crippen LogP contribution in [0.1, 0.15) is 6.92 Å². The van der Waals surface area contributed by atoms with Gasteiger partial charge in [0.15, 0.2) is 0 Å². The number of thiol groups is 1. The van der Waals surface area contributed by atoms with Gasteiger partial charge in [-0.05, 0) is 30.2 Å². The zero-order valence-corrected chi connectivity index (χ0v) is 8.34. The molecule has 0 aliphatic rings. The van der Waals surface area contributed by atoms with Crippen LogP contribution in [0, 0.1) is 0 Å². The Morgan fingerprint density at radius 2 is 1.83 bits per heavy atom. The quantitative estimate of drug-likeness (QED) is 0.694. The number of allylic oxidation sites excluding steroid dienone is 1. The van der Waals surface area contributed by atoms with E-state index in [1.54, 1.807) is 6.26 Å². The Kier molecular flexibility index (Phi) is 2.48. The van der Waals surface area contributed by atoms with Crippen molar-refractivity contribution in [2.24, 2.45) is 0 Å². The SMILES string of the molecule is C=C(C)[SH](C)(=O)c1ccccc1. The Morgan fingerprint density at radius 1 is 1.33 bits per heavy atom. The van der Waals surface area contributed by atoms with E-state index < -0.39 is 9.93 Å². The summed E-state index contributed by atoms with van der Waals surface area (Å²) >= 11 is 0. The molecule has 0 amide bonds. The second-order valence-electron chi connectivity index (χ2n) is 2.99. The zero-order chi connectivity index (χ0) is 9.19. The maximum Gasteiger partial charge on any atom is 0.0182 e. The molecule has 0 aromatic heterocycles. The number of hydrogen-bond donors (Lipinski definition) is 1. The molecule has 1 aromatic rings. The van der Waals surface area contributed by atoms with Crippen LogP contribution in [-0.4, -0.2) is 10.5 Å². The van der Waals surface area contributed by atoms with Crippen LogP contribution >= 0.6 is 0 Å². The summed E-state index contributed by atoms with van der Waals surface area (Å²) in [6.07, 6.45) is 1.75. The van der Waals surface area contributed by atoms with Gasteiger partial charge in [-0.25, -0.2) is 0 Å². The van der Waals surface area contributed by atoms with Crippen LogP contribution in [-0.2, 0) is 9.93 Å². The standard InChI is InChI=1S/C10H14OS/c1-9(2)12(3,11)10-7-5-4-6-8-10/h4-8,12H,1H2,2-3H3. The summed E-state index contributed by atoms with van der Waals surface area (Å²) < 4.78 is 12.0. The summed E-state index contributed by atoms with van der Waals surface area (Å²) in [5.41, 5.74) is 0. The number of rotatable bonds is 2. The zero-order valence-electron chi connectivity index (χ0n) is 7.45. The molecule has 1 nitrogen and oxygen atoms in total. The van der Waals surface area contributed by atoms with Crippen molar-refractivity contribution in [1.82, 2.24) is 0 Å². The van der Waals surface area contributed by atoms with Crippen molar-refractivity contribution < 1.29 is 4.21 Å². The van der Waals surface area contributed by atoms with Gasteiger partial charge in [-0.2, -0.15) is 0 Å². The van der Waals surface area contributed by atoms with E-state index in [2.05, 4.69) is 6.58 Å². The van der Waals surface area contributed by atoms with Crippen LogP contribution in [0.2, 0.25) is 0 Å². The van der Waals surface area contributed by atoms with Gasteiger partial charge < -0.3 is 0 Å². The molecule has 0 atom stereocenters. The summed E-state index contributed by atoms with van der Waals surface area (Å²) in [6.45, 7) is 5.55. The van der Waals surface area contributed by atoms with E-state index >= 15 is 0 Å². The molecule has 1 aromatic carbocycles. The molecule has 0 heterocycles. The molecule has 1 rings (SSSR count). The van der Waals surface area contributed by atoms with Crippen LogP contribution in [0.15, 0.2) is 46.7 Å². The van der Waals surface area contributed by atoms with E-state index in [-0.39, 0.29) is 0 Å². The smallest absolute Gasteiger partial charge is 0.0182 e. The van der Waals surface area contributed by atoms with Gasteiger partial charge in [-0.15, -0.1) is 0 Å². The molecule has 0 aliphatic carbocycles. The Bertz CT molecular complexity index is 327. The van der Waals surface area contributed by atoms with Gasteiger partial charge in [0.1, 0.15) is 0 Å². The molecule has 0 fully saturated rings. The first-order valence-electron chi connectivity index (χ1n) is 3.84. The lowest BCUT2D eigenvalue weighted by atomic mass is 10.4. The monoisotopic (exact) mass is 182 g/mol. The average Bonchev–Trinajstić information content (AvgIpc) is 2.06. The van der Waals surface area contributed by atoms with E-state index in [4.69, 9.17) is 0 Å². The molecule has 0 bridgehead atoms. The van der Waals surface area contributed by atoms with E-state index in [1.165, 1.54) is 0 Å². The third-order valence-electron chi connectivity index (χ3n) is 1.98. The van der Waals surface area contributed by atoms with E-state index in [0.717, 1.165) is 9.80 Å². The van der Waals surface area contributed by atoms with Crippen LogP contribution in [0.5, 0.6) is 0 Å². The largest absolute Gasteiger partial charge is 0.276 e. The molecule has 12 heavy (non-hydrogen) atoms. The summed E-state index contributed by atoms with van der Waals surface area (Å²) in [5, 5.41) is 0. The first-order chi connectivity index (χ1) is 5.55. The minimum absolute atomic E-state index is 0.758. The minimum atomic E-state index is -2.31. The molecule has 0 saturated heterocycles. The van der Waals surface area contributed by atoms with Gasteiger partial charge in [-0.1, -0.05) is 34.7 Å². The van der Waals surface area contributed by atoms with Gasteiger partial charge in [0.2, 0.25) is 0 Å². The molecule has 66 valence electrons. The topological polar surface area (TPSA) is 17.1 Å². The van der Waals surface area contributed by atoms with E-state index in [1.807, 2.05) is 37.3 Å². The van der Waals surface area contributed by atoms with Crippen molar-refractivity contribution in [2.45, 2.75) is 11.8 Å². The van der Waals surface area contributed by atoms with E-state index in [0.29, 0.717) is 0 Å². The van der Waals surface area contributed by atoms with Gasteiger partial charge in [0.25, 0.3) is 0 Å². The Morgan fingerprint density at radius 3 is 2.25 bits per heavy atom. The van der Waals surface area contributed by atoms with Crippen LogP contribution < -0.4 is 0 Å². The maximum absolute atomic E-state index is 12.0. The van der Waals surface area contributed by atoms with Crippen LogP contribution in [0.4, 0.5) is 0 Å². The van der Waals surface area contributed by atoms with Crippen molar-refractivity contribution in [3.05, 3.63) is 41.8 Å². The fourth-order valence-electron chi connectivity index (χ4n) is 0.933. The highest BCUT2D eigenvalue weighted by Gasteiger charge is 2.10. The van der Waals surface area contributed by atoms with E-state index in [9.17, 15) is 4.21 Å². The second kappa shape index (κ2) is 3.23. The first-order valence-corrected chi connectivity index (χ1v) is 6.00. The molecular weight excluding hydrogens is 168 g/mol. The lowest BCUT2D eigenvalue weighted by Gasteiger charge is -2.18. The second-order valence-corrected chi connectivity index (χ2v) is 6.12. The highest BCUT2D eigenvalue weighted by atomic mass is 32.2. The normalized spacial score (nSPS) is 12.5. The first kappa shape index (κ1) is 9.20. The van der Waals surface area contributed by atoms with Gasteiger partial charge >= 0.3 is 0 Å². The van der Waals surface area contributed by atoms with Crippen molar-refractivity contribution in [2.75, 3.05) is 6.26 Å². The molecule has 0 saturated carbocycles. The van der Waals surface area contributed by atoms with Crippen molar-refractivity contribution in [3.63, 3.8) is 0 Å². The predicted molar refractivity (Wildman–Crippen MR) is 55.0 cm³/mol. The fraction of sp³-hybridized carbons (Fsp3) is 0.200. The van der Waals surface area contributed by atoms with Crippen molar-refractivity contribution >= 4 is 9.93 Å². The Balaban J connectivity index is 3.16. The Labute approximate surface area is 74.5 Å². The third-order valence-corrected chi connectivity index (χ3v) is 4.72. The average molecular weight is 182 g/mol. The molecule has 2 heteroatoms. The van der Waals surface area contributed by atoms with Gasteiger partial charge in [-0.3, -0.25) is 4.21 Å². The lowest BCUT2D eigenvalue weighted by Crippen LogP contribution is -2.09. The van der Waals surface area contributed by atoms with Crippen molar-refractivity contribution in [3.8, 4) is 0 Å². The minimum Gasteiger partial charge on any atom is -0.276 e. The molecule has 0 N–H and O–H groups in total. The summed E-state index contributed by atoms with van der Waals surface area (Å²) in [7, 11) is -2.31. The Hall–Kier alpha value is -0.890. The summed E-state index contributed by atoms with van der Waals surface area (Å²) in [4.78, 5) is 1.64. The maximum atomic E-state index is 12.0. The predicted octanol–water partition coefficient (Wildman–Crippen LogP) is 2.23. The van der Waals surface area contributed by atoms with Crippen LogP contribution in [0.25, 0.3) is 0 Å². The number of hydrogen-bond acceptors (Lipinski definition) is 1. The summed E-state index contributed by atoms with van der Waals surface area (Å²) in [6, 6.07) is 9.48. The van der Waals surface area contributed by atoms with Crippen molar-refractivity contribution in [1.29, 1.82) is 0 Å². The highest BCUT2D eigenvalue weighted by Crippen LogP contribution is 2.22. The third kappa shape index (κ3) is 1.64. The van der Waals surface area contributed by atoms with Crippen LogP contribution in [0.3, 0.4) is 0 Å². The van der Waals surface area contributed by atoms with Gasteiger partial charge in [0.05, 0.1) is 0 Å². The molecular formula is C10H14OS. The summed E-state index contributed by atoms with van der Waals surface area (Å²) in [5.74, 6) is 0. The highest BCUT2D eigenvalue weighted by molar-refractivity contribution is 8.05. The molecule has 0 radical (unpaired) electrons.